The Morgan fingerprint density at radius 2 is 2.28 bits per heavy atom. The topological polar surface area (TPSA) is 58.4 Å². The van der Waals surface area contributed by atoms with Crippen LogP contribution in [0.2, 0.25) is 0 Å². The molecule has 0 bridgehead atoms. The highest BCUT2D eigenvalue weighted by Crippen LogP contribution is 2.37. The molecule has 2 unspecified atom stereocenters. The zero-order valence-electron chi connectivity index (χ0n) is 10.9. The van der Waals surface area contributed by atoms with Gasteiger partial charge < -0.3 is 16.0 Å². The first-order valence-corrected chi connectivity index (χ1v) is 6.95. The molecule has 1 aliphatic heterocycles. The average Bonchev–Trinajstić information content (AvgIpc) is 2.37. The van der Waals surface area contributed by atoms with Crippen LogP contribution in [0.25, 0.3) is 0 Å². The molecule has 18 heavy (non-hydrogen) atoms. The van der Waals surface area contributed by atoms with E-state index in [0.29, 0.717) is 6.54 Å². The summed E-state index contributed by atoms with van der Waals surface area (Å²) in [6.45, 7) is 4.60. The lowest BCUT2D eigenvalue weighted by Crippen LogP contribution is -2.35. The maximum absolute atomic E-state index is 11.7. The number of carbonyl (C=O) groups excluding carboxylic acids is 1. The standard InChI is InChI=1S/C13H19N3OS/c1-8(7-14)16(3)10-4-5-12-11(6-10)15-13(17)9(2)18-12/h4-6,8-9H,7,14H2,1-3H3,(H,15,17). The van der Waals surface area contributed by atoms with Gasteiger partial charge in [0.15, 0.2) is 0 Å². The monoisotopic (exact) mass is 265 g/mol. The molecule has 0 saturated carbocycles. The minimum Gasteiger partial charge on any atom is -0.371 e. The van der Waals surface area contributed by atoms with Crippen molar-refractivity contribution in [3.8, 4) is 0 Å². The molecule has 5 heteroatoms. The Bertz CT molecular complexity index is 464. The summed E-state index contributed by atoms with van der Waals surface area (Å²) >= 11 is 1.60. The van der Waals surface area contributed by atoms with Crippen molar-refractivity contribution in [3.05, 3.63) is 18.2 Å². The van der Waals surface area contributed by atoms with Crippen molar-refractivity contribution in [3.63, 3.8) is 0 Å². The van der Waals surface area contributed by atoms with E-state index in [9.17, 15) is 4.79 Å². The highest BCUT2D eigenvalue weighted by Gasteiger charge is 2.23. The maximum atomic E-state index is 11.7. The molecule has 0 radical (unpaired) electrons. The normalized spacial score (nSPS) is 20.0. The molecule has 1 aromatic carbocycles. The second kappa shape index (κ2) is 5.20. The highest BCUT2D eigenvalue weighted by molar-refractivity contribution is 8.00. The van der Waals surface area contributed by atoms with Crippen LogP contribution in [0, 0.1) is 0 Å². The second-order valence-electron chi connectivity index (χ2n) is 4.63. The van der Waals surface area contributed by atoms with Gasteiger partial charge >= 0.3 is 0 Å². The Labute approximate surface area is 112 Å². The lowest BCUT2D eigenvalue weighted by molar-refractivity contribution is -0.115. The molecule has 0 fully saturated rings. The third-order valence-electron chi connectivity index (χ3n) is 3.30. The molecule has 3 N–H and O–H groups in total. The van der Waals surface area contributed by atoms with Gasteiger partial charge in [-0.3, -0.25) is 4.79 Å². The number of likely N-dealkylation sites (N-methyl/N-ethyl adjacent to an activating group) is 1. The number of anilines is 2. The Morgan fingerprint density at radius 3 is 2.94 bits per heavy atom. The minimum absolute atomic E-state index is 0.0240. The smallest absolute Gasteiger partial charge is 0.237 e. The van der Waals surface area contributed by atoms with Crippen LogP contribution in [0.15, 0.2) is 23.1 Å². The summed E-state index contributed by atoms with van der Waals surface area (Å²) in [6.07, 6.45) is 0. The van der Waals surface area contributed by atoms with E-state index in [1.807, 2.05) is 20.0 Å². The average molecular weight is 265 g/mol. The van der Waals surface area contributed by atoms with Crippen molar-refractivity contribution in [1.82, 2.24) is 0 Å². The summed E-state index contributed by atoms with van der Waals surface area (Å²) in [6, 6.07) is 6.42. The Balaban J connectivity index is 2.27. The third kappa shape index (κ3) is 2.47. The van der Waals surface area contributed by atoms with E-state index in [1.54, 1.807) is 11.8 Å². The summed E-state index contributed by atoms with van der Waals surface area (Å²) in [5, 5.41) is 2.92. The van der Waals surface area contributed by atoms with Crippen LogP contribution in [0.4, 0.5) is 11.4 Å². The highest BCUT2D eigenvalue weighted by atomic mass is 32.2. The SMILES string of the molecule is CC1Sc2ccc(N(C)C(C)CN)cc2NC1=O. The van der Waals surface area contributed by atoms with E-state index >= 15 is 0 Å². The molecule has 1 heterocycles. The molecule has 1 aliphatic rings. The number of thioether (sulfide) groups is 1. The lowest BCUT2D eigenvalue weighted by Gasteiger charge is -2.28. The van der Waals surface area contributed by atoms with Gasteiger partial charge in [0.2, 0.25) is 5.91 Å². The van der Waals surface area contributed by atoms with Crippen molar-refractivity contribution in [1.29, 1.82) is 0 Å². The molecular formula is C13H19N3OS. The Hall–Kier alpha value is -1.20. The van der Waals surface area contributed by atoms with Crippen molar-refractivity contribution in [2.24, 2.45) is 5.73 Å². The molecule has 0 saturated heterocycles. The number of hydrogen-bond donors (Lipinski definition) is 2. The Kier molecular flexibility index (Phi) is 3.82. The summed E-state index contributed by atoms with van der Waals surface area (Å²) < 4.78 is 0. The molecule has 0 spiro atoms. The van der Waals surface area contributed by atoms with E-state index in [-0.39, 0.29) is 17.2 Å². The number of hydrogen-bond acceptors (Lipinski definition) is 4. The van der Waals surface area contributed by atoms with Gasteiger partial charge in [0.25, 0.3) is 0 Å². The van der Waals surface area contributed by atoms with E-state index in [2.05, 4.69) is 29.3 Å². The van der Waals surface area contributed by atoms with Crippen LogP contribution in [0.5, 0.6) is 0 Å². The van der Waals surface area contributed by atoms with Crippen LogP contribution in [0.3, 0.4) is 0 Å². The predicted octanol–water partition coefficient (Wildman–Crippen LogP) is 1.90. The number of nitrogens with zero attached hydrogens (tertiary/aromatic N) is 1. The molecule has 0 aliphatic carbocycles. The summed E-state index contributed by atoms with van der Waals surface area (Å²) in [4.78, 5) is 14.9. The van der Waals surface area contributed by atoms with Gasteiger partial charge in [0.1, 0.15) is 0 Å². The zero-order chi connectivity index (χ0) is 13.3. The number of amides is 1. The fourth-order valence-corrected chi connectivity index (χ4v) is 2.76. The van der Waals surface area contributed by atoms with E-state index in [4.69, 9.17) is 5.73 Å². The van der Waals surface area contributed by atoms with Crippen molar-refractivity contribution in [2.75, 3.05) is 23.8 Å². The molecule has 98 valence electrons. The van der Waals surface area contributed by atoms with Gasteiger partial charge in [-0.15, -0.1) is 11.8 Å². The molecular weight excluding hydrogens is 246 g/mol. The predicted molar refractivity (Wildman–Crippen MR) is 77.3 cm³/mol. The van der Waals surface area contributed by atoms with Crippen LogP contribution in [0.1, 0.15) is 13.8 Å². The van der Waals surface area contributed by atoms with Gasteiger partial charge in [-0.1, -0.05) is 0 Å². The fourth-order valence-electron chi connectivity index (χ4n) is 1.83. The molecule has 4 nitrogen and oxygen atoms in total. The van der Waals surface area contributed by atoms with Gasteiger partial charge in [-0.25, -0.2) is 0 Å². The second-order valence-corrected chi connectivity index (χ2v) is 6.01. The Morgan fingerprint density at radius 1 is 1.56 bits per heavy atom. The molecule has 2 rings (SSSR count). The number of rotatable bonds is 3. The fraction of sp³-hybridized carbons (Fsp3) is 0.462. The number of carbonyl (C=O) groups is 1. The van der Waals surface area contributed by atoms with Gasteiger partial charge in [-0.05, 0) is 32.0 Å². The molecule has 1 aromatic rings. The maximum Gasteiger partial charge on any atom is 0.237 e. The van der Waals surface area contributed by atoms with E-state index in [1.165, 1.54) is 0 Å². The largest absolute Gasteiger partial charge is 0.371 e. The summed E-state index contributed by atoms with van der Waals surface area (Å²) in [5.74, 6) is 0.0687. The van der Waals surface area contributed by atoms with Gasteiger partial charge in [0.05, 0.1) is 10.9 Å². The van der Waals surface area contributed by atoms with Crippen LogP contribution in [-0.2, 0) is 4.79 Å². The number of nitrogens with one attached hydrogen (secondary N) is 1. The van der Waals surface area contributed by atoms with E-state index in [0.717, 1.165) is 16.3 Å². The van der Waals surface area contributed by atoms with Crippen LogP contribution < -0.4 is 16.0 Å². The summed E-state index contributed by atoms with van der Waals surface area (Å²) in [5.41, 5.74) is 7.64. The first-order chi connectivity index (χ1) is 8.52. The van der Waals surface area contributed by atoms with Gasteiger partial charge in [-0.2, -0.15) is 0 Å². The van der Waals surface area contributed by atoms with Crippen LogP contribution >= 0.6 is 11.8 Å². The number of benzene rings is 1. The third-order valence-corrected chi connectivity index (χ3v) is 4.48. The molecule has 1 amide bonds. The lowest BCUT2D eigenvalue weighted by atomic mass is 10.2. The quantitative estimate of drug-likeness (QED) is 0.876. The number of nitrogens with two attached hydrogens (primary N) is 1. The van der Waals surface area contributed by atoms with Gasteiger partial charge in [0, 0.05) is 30.2 Å². The first-order valence-electron chi connectivity index (χ1n) is 6.07. The molecule has 0 aromatic heterocycles. The van der Waals surface area contributed by atoms with E-state index < -0.39 is 0 Å². The van der Waals surface area contributed by atoms with Crippen molar-refractivity contribution < 1.29 is 4.79 Å². The van der Waals surface area contributed by atoms with Crippen LogP contribution in [-0.4, -0.2) is 30.8 Å². The minimum atomic E-state index is -0.0240. The van der Waals surface area contributed by atoms with Crippen molar-refractivity contribution in [2.45, 2.75) is 30.0 Å². The zero-order valence-corrected chi connectivity index (χ0v) is 11.8. The summed E-state index contributed by atoms with van der Waals surface area (Å²) in [7, 11) is 2.01. The number of fused-ring (bicyclic) bond motifs is 1. The molecule has 2 atom stereocenters. The first kappa shape index (κ1) is 13.2. The van der Waals surface area contributed by atoms with Crippen molar-refractivity contribution >= 4 is 29.0 Å².